The SMILES string of the molecule is CC(=O)Nc1nc2c(s1)-c1c(c(-c3cccnc3)nn1-c1ccc(CC(=O)NCCN3CCCCC3)cc1)CC2. The molecule has 2 N–H and O–H groups in total. The molecule has 0 radical (unpaired) electrons. The van der Waals surface area contributed by atoms with Crippen LogP contribution in [0.2, 0.25) is 0 Å². The van der Waals surface area contributed by atoms with E-state index in [9.17, 15) is 9.59 Å². The fourth-order valence-corrected chi connectivity index (χ4v) is 6.65. The number of anilines is 1. The minimum atomic E-state index is -0.137. The van der Waals surface area contributed by atoms with Crippen LogP contribution in [0.15, 0.2) is 48.8 Å². The van der Waals surface area contributed by atoms with E-state index >= 15 is 0 Å². The molecule has 4 heterocycles. The molecule has 1 aromatic carbocycles. The molecule has 1 fully saturated rings. The summed E-state index contributed by atoms with van der Waals surface area (Å²) in [7, 11) is 0. The summed E-state index contributed by atoms with van der Waals surface area (Å²) in [6.07, 6.45) is 9.34. The summed E-state index contributed by atoms with van der Waals surface area (Å²) in [5.41, 5.74) is 6.85. The van der Waals surface area contributed by atoms with E-state index in [4.69, 9.17) is 10.1 Å². The number of pyridine rings is 1. The molecule has 1 saturated heterocycles. The molecule has 2 aliphatic rings. The van der Waals surface area contributed by atoms with Gasteiger partial charge in [-0.15, -0.1) is 0 Å². The molecule has 2 amide bonds. The van der Waals surface area contributed by atoms with E-state index in [0.29, 0.717) is 18.1 Å². The average molecular weight is 556 g/mol. The van der Waals surface area contributed by atoms with Gasteiger partial charge in [-0.3, -0.25) is 14.6 Å². The Morgan fingerprint density at radius 2 is 1.88 bits per heavy atom. The van der Waals surface area contributed by atoms with E-state index in [1.807, 2.05) is 47.3 Å². The van der Waals surface area contributed by atoms with Crippen LogP contribution >= 0.6 is 11.3 Å². The zero-order valence-electron chi connectivity index (χ0n) is 22.7. The average Bonchev–Trinajstić information content (AvgIpc) is 3.55. The molecule has 206 valence electrons. The van der Waals surface area contributed by atoms with Crippen LogP contribution in [0.5, 0.6) is 0 Å². The van der Waals surface area contributed by atoms with Crippen molar-refractivity contribution in [2.45, 2.75) is 45.4 Å². The molecule has 9 nitrogen and oxygen atoms in total. The largest absolute Gasteiger partial charge is 0.355 e. The van der Waals surface area contributed by atoms with Gasteiger partial charge in [0.2, 0.25) is 11.8 Å². The van der Waals surface area contributed by atoms with Crippen LogP contribution in [0.1, 0.15) is 43.0 Å². The number of nitrogens with one attached hydrogen (secondary N) is 2. The summed E-state index contributed by atoms with van der Waals surface area (Å²) in [4.78, 5) is 36.7. The number of amides is 2. The number of nitrogens with zero attached hydrogens (tertiary/aromatic N) is 5. The molecule has 40 heavy (non-hydrogen) atoms. The van der Waals surface area contributed by atoms with Crippen molar-refractivity contribution >= 4 is 28.3 Å². The number of rotatable bonds is 8. The zero-order chi connectivity index (χ0) is 27.5. The Balaban J connectivity index is 1.24. The van der Waals surface area contributed by atoms with Gasteiger partial charge in [0.1, 0.15) is 0 Å². The Morgan fingerprint density at radius 3 is 2.62 bits per heavy atom. The second-order valence-corrected chi connectivity index (χ2v) is 11.4. The molecule has 1 aliphatic heterocycles. The highest BCUT2D eigenvalue weighted by molar-refractivity contribution is 7.19. The van der Waals surface area contributed by atoms with Crippen LogP contribution in [0.4, 0.5) is 5.13 Å². The minimum Gasteiger partial charge on any atom is -0.355 e. The highest BCUT2D eigenvalue weighted by atomic mass is 32.1. The van der Waals surface area contributed by atoms with Crippen molar-refractivity contribution in [1.29, 1.82) is 0 Å². The molecule has 0 spiro atoms. The predicted octanol–water partition coefficient (Wildman–Crippen LogP) is 4.26. The van der Waals surface area contributed by atoms with Crippen LogP contribution in [-0.2, 0) is 28.9 Å². The second-order valence-electron chi connectivity index (χ2n) is 10.4. The minimum absolute atomic E-state index is 0.0416. The number of thiazole rings is 1. The molecule has 0 saturated carbocycles. The van der Waals surface area contributed by atoms with Crippen LogP contribution < -0.4 is 10.6 Å². The highest BCUT2D eigenvalue weighted by Crippen LogP contribution is 2.44. The summed E-state index contributed by atoms with van der Waals surface area (Å²) in [5.74, 6) is -0.0955. The van der Waals surface area contributed by atoms with Crippen molar-refractivity contribution < 1.29 is 9.59 Å². The lowest BCUT2D eigenvalue weighted by molar-refractivity contribution is -0.120. The van der Waals surface area contributed by atoms with E-state index in [1.54, 1.807) is 6.20 Å². The Hall–Kier alpha value is -3.89. The number of likely N-dealkylation sites (tertiary alicyclic amines) is 1. The molecule has 1 aliphatic carbocycles. The van der Waals surface area contributed by atoms with Gasteiger partial charge in [-0.05, 0) is 68.6 Å². The third kappa shape index (κ3) is 5.68. The number of benzene rings is 1. The van der Waals surface area contributed by atoms with E-state index in [2.05, 4.69) is 20.5 Å². The van der Waals surface area contributed by atoms with Gasteiger partial charge in [-0.25, -0.2) is 9.67 Å². The zero-order valence-corrected chi connectivity index (χ0v) is 23.5. The third-order valence-electron chi connectivity index (χ3n) is 7.47. The summed E-state index contributed by atoms with van der Waals surface area (Å²) < 4.78 is 1.97. The Labute approximate surface area is 237 Å². The van der Waals surface area contributed by atoms with E-state index in [-0.39, 0.29) is 11.8 Å². The van der Waals surface area contributed by atoms with Crippen molar-refractivity contribution in [3.05, 3.63) is 65.6 Å². The predicted molar refractivity (Wildman–Crippen MR) is 157 cm³/mol. The number of fused-ring (bicyclic) bond motifs is 3. The number of hydrogen-bond acceptors (Lipinski definition) is 7. The lowest BCUT2D eigenvalue weighted by atomic mass is 9.95. The molecule has 3 aromatic heterocycles. The van der Waals surface area contributed by atoms with E-state index in [0.717, 1.165) is 76.8 Å². The lowest BCUT2D eigenvalue weighted by Crippen LogP contribution is -2.38. The molecular weight excluding hydrogens is 522 g/mol. The number of piperidine rings is 1. The molecule has 6 rings (SSSR count). The Bertz CT molecular complexity index is 1510. The Morgan fingerprint density at radius 1 is 1.05 bits per heavy atom. The standard InChI is InChI=1S/C30H33N7O2S/c1-20(38)33-30-34-25-12-11-24-27(22-6-5-13-31-19-22)35-37(28(24)29(25)40-30)23-9-7-21(8-10-23)18-26(39)32-14-17-36-15-3-2-4-16-36/h5-10,13,19H,2-4,11-12,14-18H2,1H3,(H,32,39)(H,33,34,38). The summed E-state index contributed by atoms with van der Waals surface area (Å²) >= 11 is 1.48. The molecule has 0 unspecified atom stereocenters. The first kappa shape index (κ1) is 26.3. The molecule has 0 bridgehead atoms. The molecular formula is C30H33N7O2S. The van der Waals surface area contributed by atoms with Crippen molar-refractivity contribution in [1.82, 2.24) is 30.0 Å². The van der Waals surface area contributed by atoms with Crippen LogP contribution in [-0.4, -0.2) is 62.6 Å². The van der Waals surface area contributed by atoms with E-state index < -0.39 is 0 Å². The smallest absolute Gasteiger partial charge is 0.224 e. The summed E-state index contributed by atoms with van der Waals surface area (Å²) in [6, 6.07) is 12.0. The second kappa shape index (κ2) is 11.7. The summed E-state index contributed by atoms with van der Waals surface area (Å²) in [6.45, 7) is 5.36. The van der Waals surface area contributed by atoms with Crippen molar-refractivity contribution in [2.24, 2.45) is 0 Å². The molecule has 0 atom stereocenters. The monoisotopic (exact) mass is 555 g/mol. The third-order valence-corrected chi connectivity index (χ3v) is 8.49. The van der Waals surface area contributed by atoms with Crippen molar-refractivity contribution in [3.8, 4) is 27.5 Å². The van der Waals surface area contributed by atoms with Gasteiger partial charge in [0.25, 0.3) is 0 Å². The number of aromatic nitrogens is 4. The topological polar surface area (TPSA) is 105 Å². The normalized spacial score (nSPS) is 14.8. The van der Waals surface area contributed by atoms with Gasteiger partial charge in [-0.2, -0.15) is 5.10 Å². The molecule has 4 aromatic rings. The first-order valence-electron chi connectivity index (χ1n) is 13.9. The number of hydrogen-bond donors (Lipinski definition) is 2. The van der Waals surface area contributed by atoms with Crippen LogP contribution in [0, 0.1) is 0 Å². The van der Waals surface area contributed by atoms with E-state index in [1.165, 1.54) is 37.5 Å². The first-order chi connectivity index (χ1) is 19.5. The first-order valence-corrected chi connectivity index (χ1v) is 14.7. The summed E-state index contributed by atoms with van der Waals surface area (Å²) in [5, 5.41) is 11.6. The van der Waals surface area contributed by atoms with Crippen LogP contribution in [0.25, 0.3) is 27.5 Å². The van der Waals surface area contributed by atoms with Gasteiger partial charge in [-0.1, -0.05) is 29.9 Å². The number of aryl methyl sites for hydroxylation is 1. The fourth-order valence-electron chi connectivity index (χ4n) is 5.53. The highest BCUT2D eigenvalue weighted by Gasteiger charge is 2.30. The van der Waals surface area contributed by atoms with Gasteiger partial charge < -0.3 is 15.5 Å². The lowest BCUT2D eigenvalue weighted by Gasteiger charge is -2.26. The maximum Gasteiger partial charge on any atom is 0.224 e. The number of carbonyl (C=O) groups is 2. The molecule has 10 heteroatoms. The van der Waals surface area contributed by atoms with Crippen molar-refractivity contribution in [3.63, 3.8) is 0 Å². The van der Waals surface area contributed by atoms with Gasteiger partial charge in [0.05, 0.1) is 34.1 Å². The maximum atomic E-state index is 12.6. The van der Waals surface area contributed by atoms with Gasteiger partial charge in [0.15, 0.2) is 5.13 Å². The number of carbonyl (C=O) groups excluding carboxylic acids is 2. The van der Waals surface area contributed by atoms with Crippen LogP contribution in [0.3, 0.4) is 0 Å². The quantitative estimate of drug-likeness (QED) is 0.337. The maximum absolute atomic E-state index is 12.6. The van der Waals surface area contributed by atoms with Crippen molar-refractivity contribution in [2.75, 3.05) is 31.5 Å². The van der Waals surface area contributed by atoms with Gasteiger partial charge >= 0.3 is 0 Å². The van der Waals surface area contributed by atoms with Gasteiger partial charge in [0, 0.05) is 43.5 Å². The Kier molecular flexibility index (Phi) is 7.70. The fraction of sp³-hybridized carbons (Fsp3) is 0.367.